The lowest BCUT2D eigenvalue weighted by molar-refractivity contribution is 0.0532. The van der Waals surface area contributed by atoms with Gasteiger partial charge in [0.05, 0.1) is 11.9 Å². The number of aliphatic hydroxyl groups is 1. The van der Waals surface area contributed by atoms with Gasteiger partial charge in [0, 0.05) is 6.54 Å². The van der Waals surface area contributed by atoms with Gasteiger partial charge < -0.3 is 5.11 Å². The van der Waals surface area contributed by atoms with Crippen LogP contribution in [0.5, 0.6) is 0 Å². The van der Waals surface area contributed by atoms with Crippen LogP contribution in [0.4, 0.5) is 0 Å². The van der Waals surface area contributed by atoms with Gasteiger partial charge in [0.2, 0.25) is 10.0 Å². The molecule has 0 heterocycles. The zero-order valence-corrected chi connectivity index (χ0v) is 8.02. The number of sulfonamides is 1. The molecular weight excluding hydrogens is 178 g/mol. The van der Waals surface area contributed by atoms with Gasteiger partial charge in [0.25, 0.3) is 0 Å². The third-order valence-corrected chi connectivity index (χ3v) is 2.87. The monoisotopic (exact) mass is 193 g/mol. The van der Waals surface area contributed by atoms with E-state index in [0.717, 1.165) is 19.1 Å². The van der Waals surface area contributed by atoms with Crippen molar-refractivity contribution in [1.82, 2.24) is 4.72 Å². The largest absolute Gasteiger partial charge is 0.389 e. The summed E-state index contributed by atoms with van der Waals surface area (Å²) in [5.41, 5.74) is -0.789. The summed E-state index contributed by atoms with van der Waals surface area (Å²) in [6.45, 7) is 0.159. The molecule has 0 bridgehead atoms. The van der Waals surface area contributed by atoms with Gasteiger partial charge in [-0.15, -0.1) is 0 Å². The van der Waals surface area contributed by atoms with Crippen molar-refractivity contribution >= 4 is 10.0 Å². The van der Waals surface area contributed by atoms with E-state index in [-0.39, 0.29) is 6.54 Å². The number of nitrogens with one attached hydrogen (secondary N) is 1. The number of rotatable bonds is 3. The second-order valence-corrected chi connectivity index (χ2v) is 5.36. The normalized spacial score (nSPS) is 22.8. The zero-order chi connectivity index (χ0) is 9.24. The molecule has 1 aliphatic rings. The minimum atomic E-state index is -3.16. The Hall–Kier alpha value is -0.130. The van der Waals surface area contributed by atoms with Crippen molar-refractivity contribution in [2.45, 2.75) is 31.3 Å². The molecule has 0 amide bonds. The molecule has 0 spiro atoms. The lowest BCUT2D eigenvalue weighted by atomic mass is 10.0. The van der Waals surface area contributed by atoms with Gasteiger partial charge in [0.1, 0.15) is 0 Å². The van der Waals surface area contributed by atoms with E-state index in [1.807, 2.05) is 0 Å². The first-order chi connectivity index (χ1) is 5.41. The third-order valence-electron chi connectivity index (χ3n) is 2.20. The smallest absolute Gasteiger partial charge is 0.208 e. The lowest BCUT2D eigenvalue weighted by Crippen LogP contribution is -2.40. The number of hydrogen-bond acceptors (Lipinski definition) is 3. The van der Waals surface area contributed by atoms with Crippen LogP contribution in [0.15, 0.2) is 0 Å². The highest BCUT2D eigenvalue weighted by atomic mass is 32.2. The Bertz CT molecular complexity index is 241. The van der Waals surface area contributed by atoms with Gasteiger partial charge in [-0.25, -0.2) is 13.1 Å². The van der Waals surface area contributed by atoms with Crippen molar-refractivity contribution in [1.29, 1.82) is 0 Å². The Labute approximate surface area is 73.0 Å². The average Bonchev–Trinajstić information content (AvgIpc) is 2.32. The first-order valence-corrected chi connectivity index (χ1v) is 5.97. The maximum absolute atomic E-state index is 10.7. The van der Waals surface area contributed by atoms with Gasteiger partial charge >= 0.3 is 0 Å². The summed E-state index contributed by atoms with van der Waals surface area (Å²) in [5, 5.41) is 9.73. The van der Waals surface area contributed by atoms with E-state index in [0.29, 0.717) is 12.8 Å². The summed E-state index contributed by atoms with van der Waals surface area (Å²) < 4.78 is 23.7. The summed E-state index contributed by atoms with van der Waals surface area (Å²) in [7, 11) is -3.16. The van der Waals surface area contributed by atoms with Gasteiger partial charge in [-0.2, -0.15) is 0 Å². The average molecular weight is 193 g/mol. The Kier molecular flexibility index (Phi) is 2.75. The highest BCUT2D eigenvalue weighted by molar-refractivity contribution is 7.88. The summed E-state index contributed by atoms with van der Waals surface area (Å²) >= 11 is 0. The zero-order valence-electron chi connectivity index (χ0n) is 7.21. The summed E-state index contributed by atoms with van der Waals surface area (Å²) in [6.07, 6.45) is 4.49. The van der Waals surface area contributed by atoms with Gasteiger partial charge in [-0.05, 0) is 12.8 Å². The van der Waals surface area contributed by atoms with E-state index in [2.05, 4.69) is 4.72 Å². The molecule has 0 aromatic rings. The van der Waals surface area contributed by atoms with E-state index >= 15 is 0 Å². The Balaban J connectivity index is 2.41. The quantitative estimate of drug-likeness (QED) is 0.654. The summed E-state index contributed by atoms with van der Waals surface area (Å²) in [4.78, 5) is 0. The van der Waals surface area contributed by atoms with E-state index in [1.54, 1.807) is 0 Å². The molecule has 0 atom stereocenters. The second kappa shape index (κ2) is 3.32. The fourth-order valence-electron chi connectivity index (χ4n) is 1.48. The van der Waals surface area contributed by atoms with Crippen molar-refractivity contribution in [2.24, 2.45) is 0 Å². The molecule has 0 aromatic carbocycles. The Morgan fingerprint density at radius 2 is 1.92 bits per heavy atom. The molecule has 1 saturated carbocycles. The molecule has 2 N–H and O–H groups in total. The fourth-order valence-corrected chi connectivity index (χ4v) is 2.01. The predicted molar refractivity (Wildman–Crippen MR) is 46.3 cm³/mol. The Morgan fingerprint density at radius 3 is 2.33 bits per heavy atom. The molecule has 72 valence electrons. The maximum Gasteiger partial charge on any atom is 0.208 e. The van der Waals surface area contributed by atoms with Crippen LogP contribution >= 0.6 is 0 Å². The van der Waals surface area contributed by atoms with E-state index < -0.39 is 15.6 Å². The van der Waals surface area contributed by atoms with E-state index in [9.17, 15) is 13.5 Å². The lowest BCUT2D eigenvalue weighted by Gasteiger charge is -2.21. The second-order valence-electron chi connectivity index (χ2n) is 3.52. The molecule has 1 aliphatic carbocycles. The number of hydrogen-bond donors (Lipinski definition) is 2. The Morgan fingerprint density at radius 1 is 1.42 bits per heavy atom. The van der Waals surface area contributed by atoms with Crippen LogP contribution in [0, 0.1) is 0 Å². The summed E-state index contributed by atoms with van der Waals surface area (Å²) in [5.74, 6) is 0. The van der Waals surface area contributed by atoms with Gasteiger partial charge in [-0.3, -0.25) is 0 Å². The molecule has 0 saturated heterocycles. The third kappa shape index (κ3) is 3.08. The van der Waals surface area contributed by atoms with Crippen LogP contribution in [-0.4, -0.2) is 31.9 Å². The molecule has 4 nitrogen and oxygen atoms in total. The van der Waals surface area contributed by atoms with E-state index in [1.165, 1.54) is 0 Å². The SMILES string of the molecule is CS(=O)(=O)NCC1(O)CCCC1. The minimum absolute atomic E-state index is 0.159. The van der Waals surface area contributed by atoms with E-state index in [4.69, 9.17) is 0 Å². The molecule has 0 aliphatic heterocycles. The molecule has 1 rings (SSSR count). The van der Waals surface area contributed by atoms with Crippen molar-refractivity contribution < 1.29 is 13.5 Å². The maximum atomic E-state index is 10.7. The standard InChI is InChI=1S/C7H15NO3S/c1-12(10,11)8-6-7(9)4-2-3-5-7/h8-9H,2-6H2,1H3. The predicted octanol–water partition coefficient (Wildman–Crippen LogP) is -0.159. The van der Waals surface area contributed by atoms with Crippen molar-refractivity contribution in [3.63, 3.8) is 0 Å². The first kappa shape index (κ1) is 9.95. The molecule has 0 aromatic heterocycles. The topological polar surface area (TPSA) is 66.4 Å². The van der Waals surface area contributed by atoms with Crippen LogP contribution in [0.1, 0.15) is 25.7 Å². The first-order valence-electron chi connectivity index (χ1n) is 4.08. The molecule has 1 fully saturated rings. The molecule has 0 unspecified atom stereocenters. The van der Waals surface area contributed by atoms with Crippen LogP contribution in [0.2, 0.25) is 0 Å². The highest BCUT2D eigenvalue weighted by Crippen LogP contribution is 2.28. The minimum Gasteiger partial charge on any atom is -0.389 e. The fraction of sp³-hybridized carbons (Fsp3) is 1.00. The van der Waals surface area contributed by atoms with Crippen LogP contribution in [0.3, 0.4) is 0 Å². The molecular formula is C7H15NO3S. The van der Waals surface area contributed by atoms with Gasteiger partial charge in [0.15, 0.2) is 0 Å². The van der Waals surface area contributed by atoms with Crippen LogP contribution in [-0.2, 0) is 10.0 Å². The highest BCUT2D eigenvalue weighted by Gasteiger charge is 2.31. The van der Waals surface area contributed by atoms with Gasteiger partial charge in [-0.1, -0.05) is 12.8 Å². The molecule has 5 heteroatoms. The molecule has 12 heavy (non-hydrogen) atoms. The van der Waals surface area contributed by atoms with Crippen LogP contribution < -0.4 is 4.72 Å². The van der Waals surface area contributed by atoms with Crippen molar-refractivity contribution in [3.05, 3.63) is 0 Å². The van der Waals surface area contributed by atoms with Crippen molar-refractivity contribution in [2.75, 3.05) is 12.8 Å². The van der Waals surface area contributed by atoms with Crippen LogP contribution in [0.25, 0.3) is 0 Å². The summed E-state index contributed by atoms with van der Waals surface area (Å²) in [6, 6.07) is 0. The van der Waals surface area contributed by atoms with Crippen molar-refractivity contribution in [3.8, 4) is 0 Å². The molecule has 0 radical (unpaired) electrons.